The quantitative estimate of drug-likeness (QED) is 0.738. The molecule has 3 rings (SSSR count). The van der Waals surface area contributed by atoms with Crippen molar-refractivity contribution in [2.24, 2.45) is 5.92 Å². The summed E-state index contributed by atoms with van der Waals surface area (Å²) >= 11 is 0. The Morgan fingerprint density at radius 2 is 2.19 bits per heavy atom. The highest BCUT2D eigenvalue weighted by molar-refractivity contribution is 5.88. The maximum absolute atomic E-state index is 12.2. The fourth-order valence-electron chi connectivity index (χ4n) is 3.15. The van der Waals surface area contributed by atoms with Gasteiger partial charge in [0.15, 0.2) is 0 Å². The minimum absolute atomic E-state index is 0.0438. The Balaban J connectivity index is 1.57. The summed E-state index contributed by atoms with van der Waals surface area (Å²) in [4.78, 5) is 26.5. The highest BCUT2D eigenvalue weighted by atomic mass is 16.5. The molecule has 2 aliphatic rings. The number of methoxy groups -OCH3 is 1. The van der Waals surface area contributed by atoms with Crippen LogP contribution in [-0.4, -0.2) is 56.0 Å². The zero-order chi connectivity index (χ0) is 18.4. The molecule has 1 aromatic rings. The van der Waals surface area contributed by atoms with Crippen LogP contribution < -0.4 is 15.4 Å². The Hall–Kier alpha value is -2.34. The number of hydrogen-bond donors (Lipinski definition) is 2. The first-order valence-corrected chi connectivity index (χ1v) is 9.25. The zero-order valence-corrected chi connectivity index (χ0v) is 15.2. The minimum Gasteiger partial charge on any atom is -0.496 e. The molecular formula is C20H27N3O3. The van der Waals surface area contributed by atoms with Crippen LogP contribution in [0, 0.1) is 5.92 Å². The van der Waals surface area contributed by atoms with Crippen LogP contribution in [0.2, 0.25) is 0 Å². The van der Waals surface area contributed by atoms with Gasteiger partial charge in [0.1, 0.15) is 5.75 Å². The smallest absolute Gasteiger partial charge is 0.237 e. The summed E-state index contributed by atoms with van der Waals surface area (Å²) in [5, 5.41) is 5.82. The van der Waals surface area contributed by atoms with E-state index in [0.29, 0.717) is 19.0 Å². The molecule has 26 heavy (non-hydrogen) atoms. The zero-order valence-electron chi connectivity index (χ0n) is 15.2. The molecule has 2 fully saturated rings. The van der Waals surface area contributed by atoms with Crippen molar-refractivity contribution in [2.45, 2.75) is 25.3 Å². The summed E-state index contributed by atoms with van der Waals surface area (Å²) in [6.07, 6.45) is 6.62. The predicted molar refractivity (Wildman–Crippen MR) is 101 cm³/mol. The van der Waals surface area contributed by atoms with Gasteiger partial charge in [0.05, 0.1) is 19.6 Å². The normalized spacial score (nSPS) is 20.8. The minimum atomic E-state index is -0.412. The van der Waals surface area contributed by atoms with E-state index in [1.165, 1.54) is 12.8 Å². The van der Waals surface area contributed by atoms with Crippen molar-refractivity contribution in [2.75, 3.05) is 33.3 Å². The van der Waals surface area contributed by atoms with E-state index in [1.807, 2.05) is 36.4 Å². The molecule has 1 saturated carbocycles. The summed E-state index contributed by atoms with van der Waals surface area (Å²) in [7, 11) is 1.65. The van der Waals surface area contributed by atoms with E-state index < -0.39 is 6.04 Å². The number of hydrogen-bond acceptors (Lipinski definition) is 4. The first kappa shape index (κ1) is 18.5. The van der Waals surface area contributed by atoms with E-state index in [9.17, 15) is 9.59 Å². The summed E-state index contributed by atoms with van der Waals surface area (Å²) in [5.74, 6) is 1.34. The van der Waals surface area contributed by atoms with Crippen LogP contribution in [0.5, 0.6) is 5.75 Å². The monoisotopic (exact) mass is 357 g/mol. The molecule has 1 aliphatic heterocycles. The molecule has 2 amide bonds. The van der Waals surface area contributed by atoms with E-state index in [0.717, 1.165) is 24.4 Å². The first-order chi connectivity index (χ1) is 12.7. The van der Waals surface area contributed by atoms with Gasteiger partial charge in [0, 0.05) is 31.7 Å². The Morgan fingerprint density at radius 1 is 1.38 bits per heavy atom. The van der Waals surface area contributed by atoms with Crippen LogP contribution in [-0.2, 0) is 9.59 Å². The molecule has 6 heteroatoms. The topological polar surface area (TPSA) is 70.7 Å². The number of benzene rings is 1. The standard InChI is InChI=1S/C20H27N3O3/c1-26-18-7-3-2-5-16(18)6-4-11-23-12-10-21-20(25)17(23)13-19(24)22-14-15-8-9-15/h2-7,15,17H,8-14H2,1H3,(H,21,25)(H,22,24)/b6-4+/t17-/m1/s1. The van der Waals surface area contributed by atoms with Crippen molar-refractivity contribution in [1.82, 2.24) is 15.5 Å². The van der Waals surface area contributed by atoms with Gasteiger partial charge in [-0.25, -0.2) is 0 Å². The first-order valence-electron chi connectivity index (χ1n) is 9.25. The molecule has 0 bridgehead atoms. The third-order valence-corrected chi connectivity index (χ3v) is 4.88. The van der Waals surface area contributed by atoms with Crippen LogP contribution in [0.1, 0.15) is 24.8 Å². The number of piperazine rings is 1. The van der Waals surface area contributed by atoms with Gasteiger partial charge in [-0.2, -0.15) is 0 Å². The van der Waals surface area contributed by atoms with Gasteiger partial charge < -0.3 is 15.4 Å². The molecule has 2 N–H and O–H groups in total. The second-order valence-corrected chi connectivity index (χ2v) is 6.90. The maximum atomic E-state index is 12.2. The number of nitrogens with one attached hydrogen (secondary N) is 2. The second-order valence-electron chi connectivity index (χ2n) is 6.90. The van der Waals surface area contributed by atoms with Gasteiger partial charge in [-0.3, -0.25) is 14.5 Å². The number of ether oxygens (including phenoxy) is 1. The van der Waals surface area contributed by atoms with Gasteiger partial charge in [-0.1, -0.05) is 30.4 Å². The fourth-order valence-corrected chi connectivity index (χ4v) is 3.15. The van der Waals surface area contributed by atoms with Crippen LogP contribution in [0.4, 0.5) is 0 Å². The third-order valence-electron chi connectivity index (χ3n) is 4.88. The molecule has 1 heterocycles. The summed E-state index contributed by atoms with van der Waals surface area (Å²) < 4.78 is 5.35. The highest BCUT2D eigenvalue weighted by Gasteiger charge is 2.31. The van der Waals surface area contributed by atoms with Gasteiger partial charge in [-0.05, 0) is 24.8 Å². The molecule has 0 aromatic heterocycles. The van der Waals surface area contributed by atoms with E-state index in [1.54, 1.807) is 7.11 Å². The molecule has 1 atom stereocenters. The Labute approximate surface area is 154 Å². The predicted octanol–water partition coefficient (Wildman–Crippen LogP) is 1.43. The molecule has 1 aromatic carbocycles. The number of rotatable bonds is 8. The van der Waals surface area contributed by atoms with E-state index in [-0.39, 0.29) is 18.2 Å². The Bertz CT molecular complexity index is 670. The summed E-state index contributed by atoms with van der Waals surface area (Å²) in [6, 6.07) is 7.39. The SMILES string of the molecule is COc1ccccc1/C=C/CN1CCNC(=O)[C@H]1CC(=O)NCC1CC1. The lowest BCUT2D eigenvalue weighted by Crippen LogP contribution is -2.56. The maximum Gasteiger partial charge on any atom is 0.237 e. The molecular weight excluding hydrogens is 330 g/mol. The number of carbonyl (C=O) groups is 2. The lowest BCUT2D eigenvalue weighted by atomic mass is 10.1. The molecule has 6 nitrogen and oxygen atoms in total. The molecule has 0 unspecified atom stereocenters. The lowest BCUT2D eigenvalue weighted by Gasteiger charge is -2.33. The number of nitrogens with zero attached hydrogens (tertiary/aromatic N) is 1. The summed E-state index contributed by atoms with van der Waals surface area (Å²) in [5.41, 5.74) is 0.996. The van der Waals surface area contributed by atoms with Gasteiger partial charge in [-0.15, -0.1) is 0 Å². The van der Waals surface area contributed by atoms with Crippen LogP contribution >= 0.6 is 0 Å². The molecule has 140 valence electrons. The van der Waals surface area contributed by atoms with Crippen molar-refractivity contribution in [1.29, 1.82) is 0 Å². The van der Waals surface area contributed by atoms with Crippen LogP contribution in [0.3, 0.4) is 0 Å². The number of carbonyl (C=O) groups excluding carboxylic acids is 2. The Morgan fingerprint density at radius 3 is 2.96 bits per heavy atom. The third kappa shape index (κ3) is 5.08. The molecule has 1 aliphatic carbocycles. The van der Waals surface area contributed by atoms with Gasteiger partial charge in [0.25, 0.3) is 0 Å². The Kier molecular flexibility index (Phi) is 6.28. The molecule has 0 spiro atoms. The second kappa shape index (κ2) is 8.85. The fraction of sp³-hybridized carbons (Fsp3) is 0.500. The van der Waals surface area contributed by atoms with Crippen molar-refractivity contribution in [3.8, 4) is 5.75 Å². The van der Waals surface area contributed by atoms with Crippen molar-refractivity contribution in [3.63, 3.8) is 0 Å². The lowest BCUT2D eigenvalue weighted by molar-refractivity contribution is -0.133. The van der Waals surface area contributed by atoms with Crippen molar-refractivity contribution < 1.29 is 14.3 Å². The van der Waals surface area contributed by atoms with Gasteiger partial charge in [0.2, 0.25) is 11.8 Å². The number of amides is 2. The molecule has 1 saturated heterocycles. The largest absolute Gasteiger partial charge is 0.496 e. The van der Waals surface area contributed by atoms with Crippen LogP contribution in [0.15, 0.2) is 30.3 Å². The highest BCUT2D eigenvalue weighted by Crippen LogP contribution is 2.27. The van der Waals surface area contributed by atoms with Gasteiger partial charge >= 0.3 is 0 Å². The summed E-state index contributed by atoms with van der Waals surface area (Å²) in [6.45, 7) is 2.71. The van der Waals surface area contributed by atoms with Crippen LogP contribution in [0.25, 0.3) is 6.08 Å². The van der Waals surface area contributed by atoms with Crippen molar-refractivity contribution in [3.05, 3.63) is 35.9 Å². The molecule has 0 radical (unpaired) electrons. The van der Waals surface area contributed by atoms with Crippen molar-refractivity contribution >= 4 is 17.9 Å². The van der Waals surface area contributed by atoms with E-state index in [4.69, 9.17) is 4.74 Å². The van der Waals surface area contributed by atoms with E-state index >= 15 is 0 Å². The number of para-hydroxylation sites is 1. The average Bonchev–Trinajstić information content (AvgIpc) is 3.47. The average molecular weight is 357 g/mol. The van der Waals surface area contributed by atoms with E-state index in [2.05, 4.69) is 15.5 Å².